The van der Waals surface area contributed by atoms with Crippen LogP contribution >= 0.6 is 0 Å². The summed E-state index contributed by atoms with van der Waals surface area (Å²) in [4.78, 5) is 10.5. The van der Waals surface area contributed by atoms with Crippen LogP contribution in [0.5, 0.6) is 0 Å². The molecule has 3 aliphatic rings. The van der Waals surface area contributed by atoms with Gasteiger partial charge in [-0.05, 0) is 87.9 Å². The first-order chi connectivity index (χ1) is 11.1. The van der Waals surface area contributed by atoms with Crippen molar-refractivity contribution in [3.63, 3.8) is 0 Å². The SMILES string of the molecule is CC1CCC(C2CCC(=C=O)CC2)CC1.CC1CCC(O)CC1. The quantitative estimate of drug-likeness (QED) is 0.664. The zero-order chi connectivity index (χ0) is 16.7. The van der Waals surface area contributed by atoms with E-state index < -0.39 is 0 Å². The number of rotatable bonds is 1. The molecule has 23 heavy (non-hydrogen) atoms. The first-order valence-corrected chi connectivity index (χ1v) is 9.99. The first-order valence-electron chi connectivity index (χ1n) is 9.99. The second-order valence-electron chi connectivity index (χ2n) is 8.48. The summed E-state index contributed by atoms with van der Waals surface area (Å²) in [5.74, 6) is 5.79. The van der Waals surface area contributed by atoms with Crippen molar-refractivity contribution in [2.75, 3.05) is 0 Å². The molecule has 0 aliphatic heterocycles. The van der Waals surface area contributed by atoms with Crippen LogP contribution in [0.2, 0.25) is 0 Å². The summed E-state index contributed by atoms with van der Waals surface area (Å²) in [6, 6.07) is 0. The molecular weight excluding hydrogens is 284 g/mol. The lowest BCUT2D eigenvalue weighted by Gasteiger charge is -2.35. The highest BCUT2D eigenvalue weighted by atomic mass is 16.3. The van der Waals surface area contributed by atoms with Crippen molar-refractivity contribution in [3.05, 3.63) is 5.57 Å². The van der Waals surface area contributed by atoms with Crippen molar-refractivity contribution < 1.29 is 9.90 Å². The molecule has 0 aromatic rings. The second kappa shape index (κ2) is 9.64. The van der Waals surface area contributed by atoms with Gasteiger partial charge in [0.25, 0.3) is 0 Å². The van der Waals surface area contributed by atoms with Gasteiger partial charge in [0.2, 0.25) is 0 Å². The zero-order valence-electron chi connectivity index (χ0n) is 15.2. The summed E-state index contributed by atoms with van der Waals surface area (Å²) < 4.78 is 0. The summed E-state index contributed by atoms with van der Waals surface area (Å²) >= 11 is 0. The van der Waals surface area contributed by atoms with E-state index in [1.165, 1.54) is 51.4 Å². The van der Waals surface area contributed by atoms with E-state index in [-0.39, 0.29) is 6.10 Å². The topological polar surface area (TPSA) is 37.3 Å². The lowest BCUT2D eigenvalue weighted by molar-refractivity contribution is 0.112. The molecule has 0 amide bonds. The number of hydrogen-bond donors (Lipinski definition) is 1. The lowest BCUT2D eigenvalue weighted by atomic mass is 9.71. The Bertz CT molecular complexity index is 361. The van der Waals surface area contributed by atoms with E-state index in [1.54, 1.807) is 0 Å². The van der Waals surface area contributed by atoms with Crippen LogP contribution in [0, 0.1) is 23.7 Å². The third-order valence-electron chi connectivity index (χ3n) is 6.49. The molecule has 1 N–H and O–H groups in total. The number of aliphatic hydroxyl groups excluding tert-OH is 1. The molecular formula is C21H36O2. The summed E-state index contributed by atoms with van der Waals surface area (Å²) in [5, 5.41) is 9.03. The summed E-state index contributed by atoms with van der Waals surface area (Å²) in [7, 11) is 0. The predicted molar refractivity (Wildman–Crippen MR) is 95.9 cm³/mol. The maximum Gasteiger partial charge on any atom is 0.123 e. The summed E-state index contributed by atoms with van der Waals surface area (Å²) in [5.41, 5.74) is 1.04. The smallest absolute Gasteiger partial charge is 0.123 e. The van der Waals surface area contributed by atoms with Gasteiger partial charge in [-0.25, -0.2) is 4.79 Å². The summed E-state index contributed by atoms with van der Waals surface area (Å²) in [6.45, 7) is 4.64. The van der Waals surface area contributed by atoms with Gasteiger partial charge in [-0.1, -0.05) is 26.7 Å². The van der Waals surface area contributed by atoms with E-state index in [2.05, 4.69) is 19.8 Å². The van der Waals surface area contributed by atoms with Crippen LogP contribution in [0.3, 0.4) is 0 Å². The molecule has 0 radical (unpaired) electrons. The van der Waals surface area contributed by atoms with E-state index in [1.807, 2.05) is 0 Å². The van der Waals surface area contributed by atoms with Gasteiger partial charge in [0.05, 0.1) is 6.10 Å². The minimum Gasteiger partial charge on any atom is -0.393 e. The average Bonchev–Trinajstić information content (AvgIpc) is 2.59. The number of hydrogen-bond acceptors (Lipinski definition) is 2. The van der Waals surface area contributed by atoms with Gasteiger partial charge in [-0.2, -0.15) is 0 Å². The highest BCUT2D eigenvalue weighted by molar-refractivity contribution is 5.52. The Morgan fingerprint density at radius 1 is 0.739 bits per heavy atom. The first kappa shape index (κ1) is 18.7. The normalized spacial score (nSPS) is 38.2. The maximum atomic E-state index is 10.5. The van der Waals surface area contributed by atoms with E-state index in [0.29, 0.717) is 0 Å². The fraction of sp³-hybridized carbons (Fsp3) is 0.905. The van der Waals surface area contributed by atoms with Gasteiger partial charge in [0.15, 0.2) is 0 Å². The van der Waals surface area contributed by atoms with Crippen molar-refractivity contribution in [2.24, 2.45) is 23.7 Å². The lowest BCUT2D eigenvalue weighted by Crippen LogP contribution is -2.23. The minimum atomic E-state index is 0.0196. The van der Waals surface area contributed by atoms with Gasteiger partial charge in [-0.15, -0.1) is 0 Å². The molecule has 0 atom stereocenters. The van der Waals surface area contributed by atoms with Crippen LogP contribution in [0.1, 0.15) is 90.9 Å². The number of aliphatic hydroxyl groups is 1. The standard InChI is InChI=1S/C14H22O.C7H14O/c1-11-2-6-13(7-3-11)14-8-4-12(10-15)5-9-14;1-6-2-4-7(8)5-3-6/h11,13-14H,2-9H2,1H3;6-8H,2-5H2,1H3. The van der Waals surface area contributed by atoms with Crippen molar-refractivity contribution in [3.8, 4) is 0 Å². The van der Waals surface area contributed by atoms with E-state index >= 15 is 0 Å². The summed E-state index contributed by atoms with van der Waals surface area (Å²) in [6.07, 6.45) is 14.8. The third-order valence-corrected chi connectivity index (χ3v) is 6.49. The monoisotopic (exact) mass is 320 g/mol. The number of allylic oxidation sites excluding steroid dienone is 1. The van der Waals surface area contributed by atoms with E-state index in [0.717, 1.165) is 54.9 Å². The molecule has 0 aromatic heterocycles. The molecule has 3 aliphatic carbocycles. The van der Waals surface area contributed by atoms with Gasteiger partial charge in [-0.3, -0.25) is 0 Å². The van der Waals surface area contributed by atoms with Gasteiger partial charge >= 0.3 is 0 Å². The maximum absolute atomic E-state index is 10.5. The minimum absolute atomic E-state index is 0.0196. The second-order valence-corrected chi connectivity index (χ2v) is 8.48. The van der Waals surface area contributed by atoms with E-state index in [9.17, 15) is 4.79 Å². The van der Waals surface area contributed by atoms with Crippen molar-refractivity contribution in [1.29, 1.82) is 0 Å². The highest BCUT2D eigenvalue weighted by Gasteiger charge is 2.28. The molecule has 2 nitrogen and oxygen atoms in total. The van der Waals surface area contributed by atoms with Crippen LogP contribution in [0.4, 0.5) is 0 Å². The fourth-order valence-electron chi connectivity index (χ4n) is 4.56. The third kappa shape index (κ3) is 6.43. The highest BCUT2D eigenvalue weighted by Crippen LogP contribution is 2.40. The average molecular weight is 321 g/mol. The molecule has 0 saturated heterocycles. The van der Waals surface area contributed by atoms with Gasteiger partial charge in [0.1, 0.15) is 5.94 Å². The van der Waals surface area contributed by atoms with Crippen molar-refractivity contribution in [1.82, 2.24) is 0 Å². The number of carbonyl (C=O) groups excluding carboxylic acids is 1. The zero-order valence-corrected chi connectivity index (χ0v) is 15.2. The molecule has 0 aromatic carbocycles. The Morgan fingerprint density at radius 3 is 1.61 bits per heavy atom. The van der Waals surface area contributed by atoms with Crippen molar-refractivity contribution in [2.45, 2.75) is 97.0 Å². The predicted octanol–water partition coefficient (Wildman–Crippen LogP) is 5.32. The molecule has 3 rings (SSSR count). The van der Waals surface area contributed by atoms with Crippen molar-refractivity contribution >= 4 is 5.94 Å². The fourth-order valence-corrected chi connectivity index (χ4v) is 4.56. The molecule has 3 fully saturated rings. The Morgan fingerprint density at radius 2 is 1.17 bits per heavy atom. The molecule has 0 heterocycles. The van der Waals surface area contributed by atoms with E-state index in [4.69, 9.17) is 5.11 Å². The largest absolute Gasteiger partial charge is 0.393 e. The van der Waals surface area contributed by atoms with Gasteiger partial charge < -0.3 is 5.11 Å². The van der Waals surface area contributed by atoms with Crippen LogP contribution in [0.15, 0.2) is 5.57 Å². The van der Waals surface area contributed by atoms with Crippen LogP contribution in [0.25, 0.3) is 0 Å². The molecule has 3 saturated carbocycles. The Balaban J connectivity index is 0.000000203. The van der Waals surface area contributed by atoms with Crippen LogP contribution in [-0.4, -0.2) is 17.2 Å². The Hall–Kier alpha value is -0.590. The molecule has 0 spiro atoms. The van der Waals surface area contributed by atoms with Crippen LogP contribution in [-0.2, 0) is 4.79 Å². The Kier molecular flexibility index (Phi) is 7.86. The molecule has 0 bridgehead atoms. The molecule has 2 heteroatoms. The van der Waals surface area contributed by atoms with Gasteiger partial charge in [0, 0.05) is 5.57 Å². The van der Waals surface area contributed by atoms with Crippen LogP contribution < -0.4 is 0 Å². The Labute approximate surface area is 142 Å². The molecule has 132 valence electrons. The molecule has 0 unspecified atom stereocenters.